The minimum Gasteiger partial charge on any atom is -0.317 e. The highest BCUT2D eigenvalue weighted by Gasteiger charge is 2.51. The van der Waals surface area contributed by atoms with Gasteiger partial charge in [0.2, 0.25) is 0 Å². The van der Waals surface area contributed by atoms with E-state index in [1.54, 1.807) is 0 Å². The zero-order chi connectivity index (χ0) is 8.73. The normalized spacial score (nSPS) is 34.2. The zero-order valence-electron chi connectivity index (χ0n) is 8.18. The third-order valence-corrected chi connectivity index (χ3v) is 4.08. The topological polar surface area (TPSA) is 27.3 Å². The molecule has 3 nitrogen and oxygen atoms in total. The molecule has 13 heavy (non-hydrogen) atoms. The first-order chi connectivity index (χ1) is 6.41. The van der Waals surface area contributed by atoms with Crippen molar-refractivity contribution >= 4 is 0 Å². The molecule has 0 unspecified atom stereocenters. The molecule has 0 saturated carbocycles. The molecule has 0 aromatic rings. The summed E-state index contributed by atoms with van der Waals surface area (Å²) >= 11 is 0. The van der Waals surface area contributed by atoms with E-state index in [0.717, 1.165) is 6.04 Å². The number of nitrogens with one attached hydrogen (secondary N) is 2. The Morgan fingerprint density at radius 1 is 1.08 bits per heavy atom. The lowest BCUT2D eigenvalue weighted by Crippen LogP contribution is -2.78. The fourth-order valence-corrected chi connectivity index (χ4v) is 3.04. The molecule has 3 aliphatic heterocycles. The van der Waals surface area contributed by atoms with Crippen LogP contribution in [0.2, 0.25) is 0 Å². The van der Waals surface area contributed by atoms with Gasteiger partial charge in [0.15, 0.2) is 0 Å². The summed E-state index contributed by atoms with van der Waals surface area (Å²) in [5.41, 5.74) is 0.613. The summed E-state index contributed by atoms with van der Waals surface area (Å²) in [4.78, 5) is 2.77. The van der Waals surface area contributed by atoms with Crippen LogP contribution in [0, 0.1) is 0 Å². The third kappa shape index (κ3) is 1.14. The highest BCUT2D eigenvalue weighted by Crippen LogP contribution is 2.37. The average molecular weight is 181 g/mol. The molecular weight excluding hydrogens is 162 g/mol. The van der Waals surface area contributed by atoms with Crippen LogP contribution in [-0.2, 0) is 0 Å². The Bertz CT molecular complexity index is 189. The van der Waals surface area contributed by atoms with Gasteiger partial charge in [-0.3, -0.25) is 4.90 Å². The molecule has 3 saturated heterocycles. The fraction of sp³-hybridized carbons (Fsp3) is 1.00. The molecule has 3 heterocycles. The number of nitrogens with zero attached hydrogens (tertiary/aromatic N) is 1. The molecule has 0 radical (unpaired) electrons. The highest BCUT2D eigenvalue weighted by molar-refractivity contribution is 5.11. The van der Waals surface area contributed by atoms with Gasteiger partial charge < -0.3 is 10.6 Å². The van der Waals surface area contributed by atoms with Gasteiger partial charge in [-0.1, -0.05) is 0 Å². The molecule has 3 fully saturated rings. The average Bonchev–Trinajstić information content (AvgIpc) is 2.01. The van der Waals surface area contributed by atoms with Crippen molar-refractivity contribution in [2.24, 2.45) is 0 Å². The Morgan fingerprint density at radius 2 is 1.85 bits per heavy atom. The minimum atomic E-state index is 0.613. The van der Waals surface area contributed by atoms with Crippen LogP contribution in [0.3, 0.4) is 0 Å². The van der Waals surface area contributed by atoms with Crippen molar-refractivity contribution in [3.05, 3.63) is 0 Å². The first-order valence-corrected chi connectivity index (χ1v) is 5.59. The van der Waals surface area contributed by atoms with Crippen molar-refractivity contribution in [2.45, 2.75) is 30.8 Å². The number of hydrogen-bond acceptors (Lipinski definition) is 3. The maximum absolute atomic E-state index is 3.44. The molecule has 1 spiro atoms. The summed E-state index contributed by atoms with van der Waals surface area (Å²) in [6, 6.07) is 0.886. The van der Waals surface area contributed by atoms with Crippen LogP contribution in [0.25, 0.3) is 0 Å². The van der Waals surface area contributed by atoms with Gasteiger partial charge in [0.1, 0.15) is 0 Å². The van der Waals surface area contributed by atoms with Gasteiger partial charge in [-0.05, 0) is 32.4 Å². The Hall–Kier alpha value is -0.120. The smallest absolute Gasteiger partial charge is 0.0473 e. The van der Waals surface area contributed by atoms with Crippen molar-refractivity contribution in [3.8, 4) is 0 Å². The molecule has 3 heteroatoms. The van der Waals surface area contributed by atoms with E-state index < -0.39 is 0 Å². The van der Waals surface area contributed by atoms with Gasteiger partial charge in [0.25, 0.3) is 0 Å². The molecule has 3 rings (SSSR count). The van der Waals surface area contributed by atoms with Gasteiger partial charge in [-0.2, -0.15) is 0 Å². The molecular formula is C10H19N3. The van der Waals surface area contributed by atoms with E-state index in [9.17, 15) is 0 Å². The second-order valence-electron chi connectivity index (χ2n) is 4.75. The molecule has 74 valence electrons. The largest absolute Gasteiger partial charge is 0.317 e. The van der Waals surface area contributed by atoms with Crippen LogP contribution in [0.15, 0.2) is 0 Å². The summed E-state index contributed by atoms with van der Waals surface area (Å²) in [5, 5.41) is 6.85. The molecule has 2 N–H and O–H groups in total. The molecule has 0 amide bonds. The van der Waals surface area contributed by atoms with Crippen LogP contribution in [-0.4, -0.2) is 49.2 Å². The summed E-state index contributed by atoms with van der Waals surface area (Å²) in [6.45, 7) is 6.30. The van der Waals surface area contributed by atoms with E-state index in [2.05, 4.69) is 15.5 Å². The number of hydrogen-bond donors (Lipinski definition) is 2. The molecule has 0 aliphatic carbocycles. The molecule has 0 aromatic heterocycles. The van der Waals surface area contributed by atoms with E-state index in [1.165, 1.54) is 52.0 Å². The maximum atomic E-state index is 3.44. The Morgan fingerprint density at radius 3 is 2.31 bits per heavy atom. The Labute approximate surface area is 79.9 Å². The second-order valence-corrected chi connectivity index (χ2v) is 4.75. The van der Waals surface area contributed by atoms with Crippen molar-refractivity contribution in [1.82, 2.24) is 15.5 Å². The highest BCUT2D eigenvalue weighted by atomic mass is 15.4. The maximum Gasteiger partial charge on any atom is 0.0473 e. The number of rotatable bonds is 1. The van der Waals surface area contributed by atoms with Crippen LogP contribution in [0.4, 0.5) is 0 Å². The summed E-state index contributed by atoms with van der Waals surface area (Å²) in [5.74, 6) is 0. The van der Waals surface area contributed by atoms with Gasteiger partial charge in [-0.25, -0.2) is 0 Å². The van der Waals surface area contributed by atoms with Gasteiger partial charge in [-0.15, -0.1) is 0 Å². The van der Waals surface area contributed by atoms with E-state index >= 15 is 0 Å². The standard InChI is InChI=1S/C10H19N3/c1-4-11-5-2-9(1)13-6-3-10(13)7-12-8-10/h9,11-12H,1-8H2. The van der Waals surface area contributed by atoms with Crippen molar-refractivity contribution < 1.29 is 0 Å². The second kappa shape index (κ2) is 2.94. The minimum absolute atomic E-state index is 0.613. The molecule has 0 aromatic carbocycles. The van der Waals surface area contributed by atoms with Gasteiger partial charge in [0.05, 0.1) is 0 Å². The van der Waals surface area contributed by atoms with Crippen LogP contribution >= 0.6 is 0 Å². The van der Waals surface area contributed by atoms with E-state index in [-0.39, 0.29) is 0 Å². The van der Waals surface area contributed by atoms with Crippen LogP contribution in [0.5, 0.6) is 0 Å². The van der Waals surface area contributed by atoms with E-state index in [4.69, 9.17) is 0 Å². The fourth-order valence-electron chi connectivity index (χ4n) is 3.04. The lowest BCUT2D eigenvalue weighted by Gasteiger charge is -2.62. The van der Waals surface area contributed by atoms with Crippen molar-refractivity contribution in [2.75, 3.05) is 32.7 Å². The summed E-state index contributed by atoms with van der Waals surface area (Å²) in [7, 11) is 0. The van der Waals surface area contributed by atoms with E-state index in [0.29, 0.717) is 5.54 Å². The predicted molar refractivity (Wildman–Crippen MR) is 52.8 cm³/mol. The SMILES string of the molecule is C1CC(N2CCC23CNC3)CCN1. The van der Waals surface area contributed by atoms with E-state index in [1.807, 2.05) is 0 Å². The third-order valence-electron chi connectivity index (χ3n) is 4.08. The molecule has 3 aliphatic rings. The van der Waals surface area contributed by atoms with Gasteiger partial charge >= 0.3 is 0 Å². The number of likely N-dealkylation sites (tertiary alicyclic amines) is 1. The molecule has 0 atom stereocenters. The lowest BCUT2D eigenvalue weighted by molar-refractivity contribution is -0.0896. The van der Waals surface area contributed by atoms with Crippen molar-refractivity contribution in [3.63, 3.8) is 0 Å². The first-order valence-electron chi connectivity index (χ1n) is 5.59. The summed E-state index contributed by atoms with van der Waals surface area (Å²) in [6.07, 6.45) is 4.16. The Balaban J connectivity index is 1.64. The van der Waals surface area contributed by atoms with Crippen LogP contribution in [0.1, 0.15) is 19.3 Å². The summed E-state index contributed by atoms with van der Waals surface area (Å²) < 4.78 is 0. The zero-order valence-corrected chi connectivity index (χ0v) is 8.18. The number of piperidine rings is 1. The quantitative estimate of drug-likeness (QED) is 0.586. The van der Waals surface area contributed by atoms with Crippen LogP contribution < -0.4 is 10.6 Å². The molecule has 0 bridgehead atoms. The Kier molecular flexibility index (Phi) is 1.86. The predicted octanol–water partition coefficient (Wildman–Crippen LogP) is -0.214. The monoisotopic (exact) mass is 181 g/mol. The van der Waals surface area contributed by atoms with Gasteiger partial charge in [0, 0.05) is 31.2 Å². The first kappa shape index (κ1) is 8.21. The van der Waals surface area contributed by atoms with Crippen molar-refractivity contribution in [1.29, 1.82) is 0 Å². The lowest BCUT2D eigenvalue weighted by atomic mass is 9.77.